The normalized spacial score (nSPS) is 19.0. The highest BCUT2D eigenvalue weighted by molar-refractivity contribution is 5.96. The third-order valence-corrected chi connectivity index (χ3v) is 4.28. The van der Waals surface area contributed by atoms with Gasteiger partial charge in [0.25, 0.3) is 11.5 Å². The maximum atomic E-state index is 12.4. The van der Waals surface area contributed by atoms with Crippen LogP contribution in [0.5, 0.6) is 0 Å². The van der Waals surface area contributed by atoms with Crippen molar-refractivity contribution in [2.45, 2.75) is 32.4 Å². The molecule has 22 heavy (non-hydrogen) atoms. The van der Waals surface area contributed by atoms with Crippen molar-refractivity contribution < 1.29 is 4.79 Å². The second-order valence-electron chi connectivity index (χ2n) is 6.15. The second kappa shape index (κ2) is 5.93. The van der Waals surface area contributed by atoms with Crippen LogP contribution in [-0.2, 0) is 0 Å². The Morgan fingerprint density at radius 3 is 2.86 bits per heavy atom. The number of rotatable bonds is 3. The number of fused-ring (bicyclic) bond motifs is 1. The van der Waals surface area contributed by atoms with Crippen LogP contribution < -0.4 is 10.9 Å². The smallest absolute Gasteiger partial charge is 0.268 e. The number of hydrogen-bond acceptors (Lipinski definition) is 3. The fourth-order valence-electron chi connectivity index (χ4n) is 2.97. The minimum absolute atomic E-state index is 0.143. The number of nitrogens with zero attached hydrogens (tertiary/aromatic N) is 1. The number of pyridine rings is 1. The Morgan fingerprint density at radius 1 is 1.36 bits per heavy atom. The molecule has 2 N–H and O–H groups in total. The second-order valence-corrected chi connectivity index (χ2v) is 6.15. The highest BCUT2D eigenvalue weighted by Crippen LogP contribution is 2.14. The third kappa shape index (κ3) is 2.90. The number of H-pyrrole nitrogens is 1. The fourth-order valence-corrected chi connectivity index (χ4v) is 2.97. The Labute approximate surface area is 129 Å². The van der Waals surface area contributed by atoms with Gasteiger partial charge in [-0.05, 0) is 37.8 Å². The maximum Gasteiger partial charge on any atom is 0.268 e. The predicted molar refractivity (Wildman–Crippen MR) is 87.1 cm³/mol. The SMILES string of the molecule is CC(C)N1CC[C@@H](NC(=O)c2cc3ccccc3c(=O)[nH]2)C1. The molecule has 3 rings (SSSR count). The zero-order chi connectivity index (χ0) is 15.7. The molecule has 0 saturated carbocycles. The number of hydrogen-bond donors (Lipinski definition) is 2. The van der Waals surface area contributed by atoms with E-state index < -0.39 is 0 Å². The van der Waals surface area contributed by atoms with Gasteiger partial charge in [0.15, 0.2) is 0 Å². The number of carbonyl (C=O) groups is 1. The van der Waals surface area contributed by atoms with Crippen molar-refractivity contribution in [1.29, 1.82) is 0 Å². The molecule has 0 spiro atoms. The van der Waals surface area contributed by atoms with Crippen LogP contribution in [0, 0.1) is 0 Å². The van der Waals surface area contributed by atoms with Gasteiger partial charge in [0.2, 0.25) is 0 Å². The van der Waals surface area contributed by atoms with Gasteiger partial charge in [-0.15, -0.1) is 0 Å². The standard InChI is InChI=1S/C17H21N3O2/c1-11(2)20-8-7-13(10-20)18-17(22)15-9-12-5-3-4-6-14(12)16(21)19-15/h3-6,9,11,13H,7-8,10H2,1-2H3,(H,18,22)(H,19,21)/t13-/m1/s1. The van der Waals surface area contributed by atoms with Crippen LogP contribution in [0.25, 0.3) is 10.8 Å². The lowest BCUT2D eigenvalue weighted by Crippen LogP contribution is -2.39. The van der Waals surface area contributed by atoms with E-state index in [-0.39, 0.29) is 17.5 Å². The van der Waals surface area contributed by atoms with Gasteiger partial charge in [-0.25, -0.2) is 0 Å². The molecule has 1 aliphatic rings. The van der Waals surface area contributed by atoms with Gasteiger partial charge >= 0.3 is 0 Å². The van der Waals surface area contributed by atoms with Crippen LogP contribution in [0.4, 0.5) is 0 Å². The van der Waals surface area contributed by atoms with Gasteiger partial charge in [-0.1, -0.05) is 18.2 Å². The van der Waals surface area contributed by atoms with Gasteiger partial charge in [-0.2, -0.15) is 0 Å². The molecule has 2 heterocycles. The molecule has 1 amide bonds. The van der Waals surface area contributed by atoms with Crippen LogP contribution >= 0.6 is 0 Å². The molecule has 1 aliphatic heterocycles. The van der Waals surface area contributed by atoms with E-state index in [4.69, 9.17) is 0 Å². The highest BCUT2D eigenvalue weighted by atomic mass is 16.2. The lowest BCUT2D eigenvalue weighted by molar-refractivity contribution is 0.0931. The molecule has 0 bridgehead atoms. The van der Waals surface area contributed by atoms with Gasteiger partial charge < -0.3 is 10.3 Å². The van der Waals surface area contributed by atoms with E-state index in [9.17, 15) is 9.59 Å². The number of nitrogens with one attached hydrogen (secondary N) is 2. The molecular weight excluding hydrogens is 278 g/mol. The van der Waals surface area contributed by atoms with E-state index in [1.54, 1.807) is 12.1 Å². The lowest BCUT2D eigenvalue weighted by atomic mass is 10.1. The van der Waals surface area contributed by atoms with Crippen molar-refractivity contribution in [2.75, 3.05) is 13.1 Å². The van der Waals surface area contributed by atoms with Crippen molar-refractivity contribution in [2.24, 2.45) is 0 Å². The lowest BCUT2D eigenvalue weighted by Gasteiger charge is -2.20. The minimum Gasteiger partial charge on any atom is -0.347 e. The fraction of sp³-hybridized carbons (Fsp3) is 0.412. The van der Waals surface area contributed by atoms with E-state index in [1.165, 1.54) is 0 Å². The zero-order valence-electron chi connectivity index (χ0n) is 12.9. The molecule has 5 nitrogen and oxygen atoms in total. The summed E-state index contributed by atoms with van der Waals surface area (Å²) >= 11 is 0. The Morgan fingerprint density at radius 2 is 2.14 bits per heavy atom. The Bertz CT molecular complexity index is 751. The maximum absolute atomic E-state index is 12.4. The number of aromatic nitrogens is 1. The van der Waals surface area contributed by atoms with Crippen molar-refractivity contribution in [3.8, 4) is 0 Å². The topological polar surface area (TPSA) is 65.2 Å². The van der Waals surface area contributed by atoms with Crippen LogP contribution in [0.15, 0.2) is 35.1 Å². The molecule has 1 aromatic carbocycles. The van der Waals surface area contributed by atoms with Gasteiger partial charge in [0.1, 0.15) is 5.69 Å². The van der Waals surface area contributed by atoms with Crippen LogP contribution in [0.2, 0.25) is 0 Å². The first-order valence-electron chi connectivity index (χ1n) is 7.71. The third-order valence-electron chi connectivity index (χ3n) is 4.28. The van der Waals surface area contributed by atoms with Crippen molar-refractivity contribution >= 4 is 16.7 Å². The molecule has 0 aliphatic carbocycles. The molecule has 1 aromatic heterocycles. The molecule has 0 unspecified atom stereocenters. The van der Waals surface area contributed by atoms with E-state index in [1.807, 2.05) is 18.2 Å². The molecule has 5 heteroatoms. The number of carbonyl (C=O) groups excluding carboxylic acids is 1. The Balaban J connectivity index is 1.77. The number of amides is 1. The quantitative estimate of drug-likeness (QED) is 0.907. The molecular formula is C17H21N3O2. The first kappa shape index (κ1) is 14.8. The van der Waals surface area contributed by atoms with E-state index >= 15 is 0 Å². The van der Waals surface area contributed by atoms with Crippen LogP contribution in [0.1, 0.15) is 30.8 Å². The van der Waals surface area contributed by atoms with Gasteiger partial charge in [-0.3, -0.25) is 14.5 Å². The average molecular weight is 299 g/mol. The Kier molecular flexibility index (Phi) is 3.98. The number of likely N-dealkylation sites (tertiary alicyclic amines) is 1. The first-order valence-corrected chi connectivity index (χ1v) is 7.71. The molecule has 2 aromatic rings. The van der Waals surface area contributed by atoms with Gasteiger partial charge in [0, 0.05) is 30.6 Å². The number of benzene rings is 1. The molecule has 0 radical (unpaired) electrons. The predicted octanol–water partition coefficient (Wildman–Crippen LogP) is 1.74. The molecule has 1 saturated heterocycles. The summed E-state index contributed by atoms with van der Waals surface area (Å²) in [5.74, 6) is -0.210. The molecule has 116 valence electrons. The summed E-state index contributed by atoms with van der Waals surface area (Å²) in [6.07, 6.45) is 0.946. The van der Waals surface area contributed by atoms with E-state index in [2.05, 4.69) is 29.0 Å². The van der Waals surface area contributed by atoms with E-state index in [0.29, 0.717) is 17.1 Å². The zero-order valence-corrected chi connectivity index (χ0v) is 12.9. The van der Waals surface area contributed by atoms with Crippen LogP contribution in [-0.4, -0.2) is 41.0 Å². The molecule has 1 fully saturated rings. The first-order chi connectivity index (χ1) is 10.5. The number of aromatic amines is 1. The summed E-state index contributed by atoms with van der Waals surface area (Å²) in [5.41, 5.74) is 0.102. The summed E-state index contributed by atoms with van der Waals surface area (Å²) in [4.78, 5) is 29.4. The minimum atomic E-state index is -0.224. The highest BCUT2D eigenvalue weighted by Gasteiger charge is 2.25. The van der Waals surface area contributed by atoms with Gasteiger partial charge in [0.05, 0.1) is 0 Å². The summed E-state index contributed by atoms with van der Waals surface area (Å²) in [6.45, 7) is 6.17. The van der Waals surface area contributed by atoms with E-state index in [0.717, 1.165) is 24.9 Å². The van der Waals surface area contributed by atoms with Crippen molar-refractivity contribution in [3.05, 3.63) is 46.4 Å². The summed E-state index contributed by atoms with van der Waals surface area (Å²) in [5, 5.41) is 4.41. The van der Waals surface area contributed by atoms with Crippen LogP contribution in [0.3, 0.4) is 0 Å². The van der Waals surface area contributed by atoms with Crippen molar-refractivity contribution in [1.82, 2.24) is 15.2 Å². The molecule has 1 atom stereocenters. The summed E-state index contributed by atoms with van der Waals surface area (Å²) in [7, 11) is 0. The van der Waals surface area contributed by atoms with Crippen molar-refractivity contribution in [3.63, 3.8) is 0 Å². The Hall–Kier alpha value is -2.14. The monoisotopic (exact) mass is 299 g/mol. The summed E-state index contributed by atoms with van der Waals surface area (Å²) in [6, 6.07) is 9.65. The average Bonchev–Trinajstić information content (AvgIpc) is 2.96. The summed E-state index contributed by atoms with van der Waals surface area (Å²) < 4.78 is 0. The largest absolute Gasteiger partial charge is 0.347 e.